The molecule has 1 saturated carbocycles. The van der Waals surface area contributed by atoms with Crippen molar-refractivity contribution in [3.63, 3.8) is 0 Å². The number of nitrogens with zero attached hydrogens (tertiary/aromatic N) is 1. The zero-order chi connectivity index (χ0) is 16.2. The molecule has 0 heterocycles. The van der Waals surface area contributed by atoms with Crippen molar-refractivity contribution in [2.24, 2.45) is 0 Å². The van der Waals surface area contributed by atoms with Crippen LogP contribution in [0.15, 0.2) is 24.3 Å². The zero-order valence-corrected chi connectivity index (χ0v) is 14.0. The molecule has 1 aromatic rings. The summed E-state index contributed by atoms with van der Waals surface area (Å²) in [7, 11) is -3.28. The van der Waals surface area contributed by atoms with Crippen molar-refractivity contribution in [2.45, 2.75) is 45.6 Å². The lowest BCUT2D eigenvalue weighted by molar-refractivity contribution is 0.0938. The summed E-state index contributed by atoms with van der Waals surface area (Å²) in [6, 6.07) is 7.04. The summed E-state index contributed by atoms with van der Waals surface area (Å²) in [5.41, 5.74) is 1.17. The third kappa shape index (κ3) is 3.80. The Morgan fingerprint density at radius 3 is 2.27 bits per heavy atom. The van der Waals surface area contributed by atoms with E-state index in [9.17, 15) is 13.2 Å². The van der Waals surface area contributed by atoms with Crippen LogP contribution in [0, 0.1) is 0 Å². The number of carbonyl (C=O) groups is 1. The van der Waals surface area contributed by atoms with Crippen molar-refractivity contribution in [2.75, 3.05) is 16.6 Å². The second-order valence-corrected chi connectivity index (χ2v) is 7.75. The fourth-order valence-electron chi connectivity index (χ4n) is 2.81. The highest BCUT2D eigenvalue weighted by Crippen LogP contribution is 2.21. The van der Waals surface area contributed by atoms with E-state index in [0.29, 0.717) is 17.8 Å². The molecule has 122 valence electrons. The number of amides is 1. The first kappa shape index (κ1) is 16.8. The highest BCUT2D eigenvalue weighted by atomic mass is 32.2. The summed E-state index contributed by atoms with van der Waals surface area (Å²) in [6.07, 6.45) is 4.43. The van der Waals surface area contributed by atoms with E-state index < -0.39 is 10.0 Å². The highest BCUT2D eigenvalue weighted by Gasteiger charge is 2.20. The number of carbonyl (C=O) groups excluding carboxylic acids is 1. The summed E-state index contributed by atoms with van der Waals surface area (Å²) in [5.74, 6) is -0.0232. The first-order chi connectivity index (χ1) is 10.5. The summed E-state index contributed by atoms with van der Waals surface area (Å²) < 4.78 is 25.4. The molecule has 22 heavy (non-hydrogen) atoms. The van der Waals surface area contributed by atoms with Crippen LogP contribution in [0.3, 0.4) is 0 Å². The van der Waals surface area contributed by atoms with Crippen molar-refractivity contribution < 1.29 is 13.2 Å². The largest absolute Gasteiger partial charge is 0.349 e. The summed E-state index contributed by atoms with van der Waals surface area (Å²) >= 11 is 0. The van der Waals surface area contributed by atoms with Gasteiger partial charge in [-0.25, -0.2) is 8.42 Å². The van der Waals surface area contributed by atoms with Gasteiger partial charge in [0.2, 0.25) is 10.0 Å². The standard InChI is InChI=1S/C16H24N2O3S/c1-3-18(22(20,21)4-2)15-11-9-13(10-12-15)16(19)17-14-7-5-6-8-14/h9-12,14H,3-8H2,1-2H3,(H,17,19). The van der Waals surface area contributed by atoms with E-state index in [2.05, 4.69) is 5.32 Å². The van der Waals surface area contributed by atoms with Crippen molar-refractivity contribution >= 4 is 21.6 Å². The van der Waals surface area contributed by atoms with Crippen LogP contribution in [0.5, 0.6) is 0 Å². The van der Waals surface area contributed by atoms with Gasteiger partial charge in [-0.1, -0.05) is 12.8 Å². The lowest BCUT2D eigenvalue weighted by Gasteiger charge is -2.22. The van der Waals surface area contributed by atoms with Gasteiger partial charge in [-0.05, 0) is 51.0 Å². The minimum Gasteiger partial charge on any atom is -0.349 e. The molecule has 0 aromatic heterocycles. The van der Waals surface area contributed by atoms with Crippen molar-refractivity contribution in [3.05, 3.63) is 29.8 Å². The second-order valence-electron chi connectivity index (χ2n) is 5.57. The van der Waals surface area contributed by atoms with Gasteiger partial charge in [0.15, 0.2) is 0 Å². The second kappa shape index (κ2) is 7.13. The van der Waals surface area contributed by atoms with E-state index in [0.717, 1.165) is 12.8 Å². The maximum absolute atomic E-state index is 12.2. The lowest BCUT2D eigenvalue weighted by Crippen LogP contribution is -2.33. The van der Waals surface area contributed by atoms with Gasteiger partial charge in [-0.15, -0.1) is 0 Å². The Morgan fingerprint density at radius 1 is 1.18 bits per heavy atom. The molecule has 0 spiro atoms. The first-order valence-electron chi connectivity index (χ1n) is 7.89. The van der Waals surface area contributed by atoms with Crippen molar-refractivity contribution in [1.29, 1.82) is 0 Å². The molecule has 1 N–H and O–H groups in total. The van der Waals surface area contributed by atoms with Gasteiger partial charge in [0.25, 0.3) is 5.91 Å². The van der Waals surface area contributed by atoms with Crippen LogP contribution in [0.1, 0.15) is 49.9 Å². The number of nitrogens with one attached hydrogen (secondary N) is 1. The molecule has 1 aliphatic rings. The molecule has 5 nitrogen and oxygen atoms in total. The van der Waals surface area contributed by atoms with Gasteiger partial charge >= 0.3 is 0 Å². The van der Waals surface area contributed by atoms with E-state index in [1.54, 1.807) is 38.1 Å². The highest BCUT2D eigenvalue weighted by molar-refractivity contribution is 7.92. The Bertz CT molecular complexity index is 605. The van der Waals surface area contributed by atoms with E-state index in [1.165, 1.54) is 17.1 Å². The number of benzene rings is 1. The fraction of sp³-hybridized carbons (Fsp3) is 0.562. The summed E-state index contributed by atoms with van der Waals surface area (Å²) in [5, 5.41) is 3.03. The molecular formula is C16H24N2O3S. The van der Waals surface area contributed by atoms with Crippen molar-refractivity contribution in [1.82, 2.24) is 5.32 Å². The number of hydrogen-bond donors (Lipinski definition) is 1. The Morgan fingerprint density at radius 2 is 1.77 bits per heavy atom. The molecule has 0 saturated heterocycles. The molecule has 6 heteroatoms. The molecule has 0 bridgehead atoms. The van der Waals surface area contributed by atoms with Crippen LogP contribution in [0.4, 0.5) is 5.69 Å². The van der Waals surface area contributed by atoms with Crippen molar-refractivity contribution in [3.8, 4) is 0 Å². The van der Waals surface area contributed by atoms with Crippen LogP contribution in [0.25, 0.3) is 0 Å². The number of sulfonamides is 1. The third-order valence-electron chi connectivity index (χ3n) is 4.10. The Hall–Kier alpha value is -1.56. The third-order valence-corrected chi connectivity index (χ3v) is 5.97. The number of rotatable bonds is 6. The molecule has 0 radical (unpaired) electrons. The fourth-order valence-corrected chi connectivity index (χ4v) is 3.96. The van der Waals surface area contributed by atoms with Gasteiger partial charge in [-0.3, -0.25) is 9.10 Å². The monoisotopic (exact) mass is 324 g/mol. The zero-order valence-electron chi connectivity index (χ0n) is 13.2. The molecule has 0 unspecified atom stereocenters. The van der Waals surface area contributed by atoms with Gasteiger partial charge in [-0.2, -0.15) is 0 Å². The summed E-state index contributed by atoms with van der Waals surface area (Å²) in [6.45, 7) is 3.80. The van der Waals surface area contributed by atoms with E-state index in [-0.39, 0.29) is 17.7 Å². The number of anilines is 1. The molecule has 1 amide bonds. The quantitative estimate of drug-likeness (QED) is 0.874. The maximum Gasteiger partial charge on any atom is 0.251 e. The Balaban J connectivity index is 2.10. The van der Waals surface area contributed by atoms with E-state index in [4.69, 9.17) is 0 Å². The Kier molecular flexibility index (Phi) is 5.45. The topological polar surface area (TPSA) is 66.5 Å². The van der Waals surface area contributed by atoms with Crippen LogP contribution < -0.4 is 9.62 Å². The van der Waals surface area contributed by atoms with E-state index >= 15 is 0 Å². The first-order valence-corrected chi connectivity index (χ1v) is 9.50. The SMILES string of the molecule is CCN(c1ccc(C(=O)NC2CCCC2)cc1)S(=O)(=O)CC. The minimum atomic E-state index is -3.28. The average molecular weight is 324 g/mol. The number of hydrogen-bond acceptors (Lipinski definition) is 3. The molecule has 1 aromatic carbocycles. The van der Waals surface area contributed by atoms with Gasteiger partial charge in [0, 0.05) is 18.2 Å². The van der Waals surface area contributed by atoms with Gasteiger partial charge in [0.05, 0.1) is 11.4 Å². The molecule has 2 rings (SSSR count). The maximum atomic E-state index is 12.2. The molecule has 1 aliphatic carbocycles. The van der Waals surface area contributed by atoms with Crippen LogP contribution in [-0.4, -0.2) is 32.7 Å². The molecular weight excluding hydrogens is 300 g/mol. The van der Waals surface area contributed by atoms with Crippen LogP contribution >= 0.6 is 0 Å². The minimum absolute atomic E-state index is 0.0603. The normalized spacial score (nSPS) is 15.7. The van der Waals surface area contributed by atoms with Gasteiger partial charge in [0.1, 0.15) is 0 Å². The predicted octanol–water partition coefficient (Wildman–Crippen LogP) is 2.54. The Labute approximate surface area is 132 Å². The van der Waals surface area contributed by atoms with Gasteiger partial charge < -0.3 is 5.32 Å². The molecule has 0 atom stereocenters. The lowest BCUT2D eigenvalue weighted by atomic mass is 10.1. The molecule has 1 fully saturated rings. The van der Waals surface area contributed by atoms with E-state index in [1.807, 2.05) is 0 Å². The summed E-state index contributed by atoms with van der Waals surface area (Å²) in [4.78, 5) is 12.2. The van der Waals surface area contributed by atoms with Crippen LogP contribution in [-0.2, 0) is 10.0 Å². The predicted molar refractivity (Wildman–Crippen MR) is 88.6 cm³/mol. The smallest absolute Gasteiger partial charge is 0.251 e. The average Bonchev–Trinajstić information content (AvgIpc) is 3.01. The van der Waals surface area contributed by atoms with Crippen LogP contribution in [0.2, 0.25) is 0 Å². The molecule has 0 aliphatic heterocycles.